The van der Waals surface area contributed by atoms with Gasteiger partial charge in [-0.1, -0.05) is 23.7 Å². The molecular weight excluding hydrogens is 520 g/mol. The molecule has 206 valence electrons. The summed E-state index contributed by atoms with van der Waals surface area (Å²) in [5.41, 5.74) is 4.52. The summed E-state index contributed by atoms with van der Waals surface area (Å²) in [4.78, 5) is 16.1. The SMILES string of the molecule is CCOc1nc(Cc2ccc(Cl)cc2)nc2oc(-c3cc(C)c(OCC(O)CN4CCOCC4)c(C)c3)nc12. The highest BCUT2D eigenvalue weighted by atomic mass is 35.5. The first-order valence-corrected chi connectivity index (χ1v) is 13.5. The zero-order chi connectivity index (χ0) is 27.4. The van der Waals surface area contributed by atoms with Crippen LogP contribution in [0.4, 0.5) is 0 Å². The van der Waals surface area contributed by atoms with E-state index < -0.39 is 6.10 Å². The number of aliphatic hydroxyl groups is 1. The second-order valence-corrected chi connectivity index (χ2v) is 10.1. The van der Waals surface area contributed by atoms with Crippen LogP contribution in [0.3, 0.4) is 0 Å². The molecule has 1 atom stereocenters. The van der Waals surface area contributed by atoms with Crippen molar-refractivity contribution in [2.24, 2.45) is 0 Å². The van der Waals surface area contributed by atoms with Gasteiger partial charge < -0.3 is 23.7 Å². The van der Waals surface area contributed by atoms with Crippen molar-refractivity contribution < 1.29 is 23.7 Å². The van der Waals surface area contributed by atoms with Crippen LogP contribution >= 0.6 is 11.6 Å². The van der Waals surface area contributed by atoms with Gasteiger partial charge in [0, 0.05) is 36.6 Å². The molecule has 10 heteroatoms. The fourth-order valence-electron chi connectivity index (χ4n) is 4.68. The summed E-state index contributed by atoms with van der Waals surface area (Å²) in [6.07, 6.45) is -0.0820. The predicted molar refractivity (Wildman–Crippen MR) is 149 cm³/mol. The van der Waals surface area contributed by atoms with E-state index in [0.29, 0.717) is 66.6 Å². The molecule has 1 saturated heterocycles. The number of benzene rings is 2. The molecule has 1 aliphatic rings. The van der Waals surface area contributed by atoms with Crippen LogP contribution in [0.25, 0.3) is 22.7 Å². The second-order valence-electron chi connectivity index (χ2n) is 9.67. The molecule has 0 bridgehead atoms. The lowest BCUT2D eigenvalue weighted by molar-refractivity contribution is 0.00454. The summed E-state index contributed by atoms with van der Waals surface area (Å²) in [7, 11) is 0. The summed E-state index contributed by atoms with van der Waals surface area (Å²) in [5.74, 6) is 2.14. The molecule has 2 aromatic heterocycles. The van der Waals surface area contributed by atoms with E-state index in [1.807, 2.05) is 57.2 Å². The van der Waals surface area contributed by atoms with E-state index in [0.717, 1.165) is 41.1 Å². The van der Waals surface area contributed by atoms with Crippen molar-refractivity contribution in [2.75, 3.05) is 46.1 Å². The minimum Gasteiger partial charge on any atom is -0.490 e. The van der Waals surface area contributed by atoms with Gasteiger partial charge in [-0.3, -0.25) is 4.90 Å². The van der Waals surface area contributed by atoms with E-state index in [9.17, 15) is 5.11 Å². The van der Waals surface area contributed by atoms with Crippen molar-refractivity contribution in [1.29, 1.82) is 0 Å². The predicted octanol–water partition coefficient (Wildman–Crippen LogP) is 4.62. The lowest BCUT2D eigenvalue weighted by Crippen LogP contribution is -2.42. The zero-order valence-corrected chi connectivity index (χ0v) is 23.2. The summed E-state index contributed by atoms with van der Waals surface area (Å²) in [5, 5.41) is 11.2. The number of morpholine rings is 1. The number of oxazole rings is 1. The van der Waals surface area contributed by atoms with Crippen molar-refractivity contribution in [3.63, 3.8) is 0 Å². The molecular formula is C29H33ClN4O5. The number of nitrogens with zero attached hydrogens (tertiary/aromatic N) is 4. The Bertz CT molecular complexity index is 1400. The minimum absolute atomic E-state index is 0.213. The highest BCUT2D eigenvalue weighted by molar-refractivity contribution is 6.30. The average Bonchev–Trinajstić information content (AvgIpc) is 3.35. The maximum Gasteiger partial charge on any atom is 0.254 e. The molecule has 5 rings (SSSR count). The molecule has 1 unspecified atom stereocenters. The molecule has 9 nitrogen and oxygen atoms in total. The second kappa shape index (κ2) is 12.3. The highest BCUT2D eigenvalue weighted by Crippen LogP contribution is 2.33. The van der Waals surface area contributed by atoms with Crippen molar-refractivity contribution in [3.8, 4) is 23.1 Å². The van der Waals surface area contributed by atoms with Crippen LogP contribution in [0, 0.1) is 13.8 Å². The largest absolute Gasteiger partial charge is 0.490 e. The van der Waals surface area contributed by atoms with Crippen molar-refractivity contribution in [3.05, 3.63) is 63.9 Å². The van der Waals surface area contributed by atoms with Crippen LogP contribution in [0.2, 0.25) is 5.02 Å². The monoisotopic (exact) mass is 552 g/mol. The van der Waals surface area contributed by atoms with E-state index in [1.165, 1.54) is 0 Å². The van der Waals surface area contributed by atoms with Crippen LogP contribution in [-0.4, -0.2) is 77.1 Å². The Labute approximate surface area is 232 Å². The van der Waals surface area contributed by atoms with Gasteiger partial charge in [-0.25, -0.2) is 4.98 Å². The normalized spacial score (nSPS) is 15.0. The lowest BCUT2D eigenvalue weighted by Gasteiger charge is -2.28. The number of fused-ring (bicyclic) bond motifs is 1. The molecule has 0 radical (unpaired) electrons. The number of aliphatic hydroxyl groups excluding tert-OH is 1. The molecule has 1 aliphatic heterocycles. The molecule has 4 aromatic rings. The van der Waals surface area contributed by atoms with Crippen molar-refractivity contribution in [2.45, 2.75) is 33.3 Å². The average molecular weight is 553 g/mol. The van der Waals surface area contributed by atoms with Gasteiger partial charge in [0.05, 0.1) is 19.8 Å². The molecule has 0 amide bonds. The fourth-order valence-corrected chi connectivity index (χ4v) is 4.81. The summed E-state index contributed by atoms with van der Waals surface area (Å²) >= 11 is 6.02. The van der Waals surface area contributed by atoms with Gasteiger partial charge in [-0.05, 0) is 61.7 Å². The Balaban J connectivity index is 1.35. The molecule has 1 fully saturated rings. The first-order valence-electron chi connectivity index (χ1n) is 13.2. The number of hydrogen-bond acceptors (Lipinski definition) is 9. The molecule has 0 spiro atoms. The maximum atomic E-state index is 10.5. The van der Waals surface area contributed by atoms with Crippen LogP contribution in [0.15, 0.2) is 40.8 Å². The molecule has 39 heavy (non-hydrogen) atoms. The molecule has 1 N–H and O–H groups in total. The van der Waals surface area contributed by atoms with Gasteiger partial charge >= 0.3 is 0 Å². The van der Waals surface area contributed by atoms with Gasteiger partial charge in [0.15, 0.2) is 5.52 Å². The number of rotatable bonds is 10. The smallest absolute Gasteiger partial charge is 0.254 e. The van der Waals surface area contributed by atoms with Gasteiger partial charge in [-0.2, -0.15) is 9.97 Å². The number of aryl methyl sites for hydroxylation is 2. The third-order valence-electron chi connectivity index (χ3n) is 6.53. The van der Waals surface area contributed by atoms with Crippen molar-refractivity contribution in [1.82, 2.24) is 19.9 Å². The third-order valence-corrected chi connectivity index (χ3v) is 6.78. The van der Waals surface area contributed by atoms with Crippen molar-refractivity contribution >= 4 is 22.8 Å². The Morgan fingerprint density at radius 3 is 2.44 bits per heavy atom. The summed E-state index contributed by atoms with van der Waals surface area (Å²) in [6, 6.07) is 11.5. The quantitative estimate of drug-likeness (QED) is 0.302. The Morgan fingerprint density at radius 1 is 1.03 bits per heavy atom. The number of β-amino-alcohol motifs (C(OH)–C–C–N with tert-alkyl or cyclic N) is 1. The maximum absolute atomic E-state index is 10.5. The lowest BCUT2D eigenvalue weighted by atomic mass is 10.1. The third kappa shape index (κ3) is 6.67. The fraction of sp³-hybridized carbons (Fsp3) is 0.414. The van der Waals surface area contributed by atoms with E-state index in [4.69, 9.17) is 30.2 Å². The topological polar surface area (TPSA) is 103 Å². The molecule has 0 aliphatic carbocycles. The zero-order valence-electron chi connectivity index (χ0n) is 22.4. The first-order chi connectivity index (χ1) is 18.9. The van der Waals surface area contributed by atoms with Gasteiger partial charge in [0.2, 0.25) is 11.8 Å². The van der Waals surface area contributed by atoms with Crippen LogP contribution < -0.4 is 9.47 Å². The van der Waals surface area contributed by atoms with Crippen LogP contribution in [-0.2, 0) is 11.2 Å². The summed E-state index contributed by atoms with van der Waals surface area (Å²) in [6.45, 7) is 10.1. The van der Waals surface area contributed by atoms with Crippen LogP contribution in [0.1, 0.15) is 29.4 Å². The Morgan fingerprint density at radius 2 is 1.74 bits per heavy atom. The Hall–Kier alpha value is -3.24. The first kappa shape index (κ1) is 27.3. The Kier molecular flexibility index (Phi) is 8.62. The van der Waals surface area contributed by atoms with Gasteiger partial charge in [0.1, 0.15) is 24.3 Å². The number of hydrogen-bond donors (Lipinski definition) is 1. The van der Waals surface area contributed by atoms with Gasteiger partial charge in [0.25, 0.3) is 5.71 Å². The van der Waals surface area contributed by atoms with E-state index in [1.54, 1.807) is 0 Å². The van der Waals surface area contributed by atoms with E-state index >= 15 is 0 Å². The minimum atomic E-state index is -0.587. The molecule has 2 aromatic carbocycles. The summed E-state index contributed by atoms with van der Waals surface area (Å²) < 4.78 is 23.3. The molecule has 3 heterocycles. The molecule has 0 saturated carbocycles. The number of ether oxygens (including phenoxy) is 3. The van der Waals surface area contributed by atoms with E-state index in [-0.39, 0.29) is 6.61 Å². The number of aromatic nitrogens is 3. The van der Waals surface area contributed by atoms with Gasteiger partial charge in [-0.15, -0.1) is 0 Å². The van der Waals surface area contributed by atoms with Crippen LogP contribution in [0.5, 0.6) is 11.6 Å². The van der Waals surface area contributed by atoms with E-state index in [2.05, 4.69) is 19.9 Å². The highest BCUT2D eigenvalue weighted by Gasteiger charge is 2.20. The standard InChI is InChI=1S/C29H33ClN4O5/c1-4-37-28-25-29(32-24(31-28)15-20-5-7-22(30)8-6-20)39-27(33-25)21-13-18(2)26(19(3)14-21)38-17-23(35)16-34-9-11-36-12-10-34/h5-8,13-14,23,35H,4,9-12,15-17H2,1-3H3. The number of halogens is 1.